The summed E-state index contributed by atoms with van der Waals surface area (Å²) in [4.78, 5) is 2.81. The molecule has 0 aliphatic carbocycles. The van der Waals surface area contributed by atoms with E-state index in [4.69, 9.17) is 9.47 Å². The van der Waals surface area contributed by atoms with Crippen molar-refractivity contribution in [1.29, 1.82) is 0 Å². The molecule has 0 aliphatic rings. The van der Waals surface area contributed by atoms with E-state index in [2.05, 4.69) is 24.4 Å². The van der Waals surface area contributed by atoms with Crippen LogP contribution in [0.25, 0.3) is 0 Å². The molecule has 1 N–H and O–H groups in total. The zero-order chi connectivity index (χ0) is 14.4. The van der Waals surface area contributed by atoms with Crippen molar-refractivity contribution in [2.45, 2.75) is 26.4 Å². The maximum atomic E-state index is 5.27. The Morgan fingerprint density at radius 1 is 0.950 bits per heavy atom. The molecule has 0 fully saturated rings. The summed E-state index contributed by atoms with van der Waals surface area (Å²) in [7, 11) is 3.34. The van der Waals surface area contributed by atoms with Gasteiger partial charge in [0.25, 0.3) is 0 Å². The van der Waals surface area contributed by atoms with Gasteiger partial charge in [0.15, 0.2) is 0 Å². The van der Waals surface area contributed by atoms with E-state index < -0.39 is 0 Å². The van der Waals surface area contributed by atoms with E-state index in [-0.39, 0.29) is 0 Å². The van der Waals surface area contributed by atoms with Crippen molar-refractivity contribution in [3.05, 3.63) is 45.6 Å². The fourth-order valence-electron chi connectivity index (χ4n) is 2.01. The van der Waals surface area contributed by atoms with Gasteiger partial charge in [0.1, 0.15) is 11.5 Å². The van der Waals surface area contributed by atoms with E-state index in [9.17, 15) is 0 Å². The number of rotatable bonds is 7. The molecule has 4 heteroatoms. The molecule has 2 rings (SSSR count). The highest BCUT2D eigenvalue weighted by Crippen LogP contribution is 2.22. The standard InChI is InChI=1S/C16H21NO2S/c1-4-15-5-6-16(20-15)11-17-10-12-7-13(18-2)9-14(8-12)19-3/h5-9,17H,4,10-11H2,1-3H3. The number of hydrogen-bond donors (Lipinski definition) is 1. The Morgan fingerprint density at radius 2 is 1.60 bits per heavy atom. The SMILES string of the molecule is CCc1ccc(CNCc2cc(OC)cc(OC)c2)s1. The molecule has 0 unspecified atom stereocenters. The van der Waals surface area contributed by atoms with Crippen LogP contribution in [0.15, 0.2) is 30.3 Å². The maximum Gasteiger partial charge on any atom is 0.122 e. The van der Waals surface area contributed by atoms with E-state index in [0.717, 1.165) is 36.6 Å². The van der Waals surface area contributed by atoms with Gasteiger partial charge in [-0.1, -0.05) is 6.92 Å². The van der Waals surface area contributed by atoms with Crippen LogP contribution in [0.4, 0.5) is 0 Å². The van der Waals surface area contributed by atoms with Crippen LogP contribution >= 0.6 is 11.3 Å². The molecule has 0 aliphatic heterocycles. The lowest BCUT2D eigenvalue weighted by Gasteiger charge is -2.09. The molecule has 0 bridgehead atoms. The molecule has 0 amide bonds. The van der Waals surface area contributed by atoms with Crippen LogP contribution in [0.3, 0.4) is 0 Å². The quantitative estimate of drug-likeness (QED) is 0.845. The third-order valence-electron chi connectivity index (χ3n) is 3.11. The molecule has 1 aromatic carbocycles. The number of ether oxygens (including phenoxy) is 2. The molecular formula is C16H21NO2S. The summed E-state index contributed by atoms with van der Waals surface area (Å²) in [6, 6.07) is 10.3. The van der Waals surface area contributed by atoms with Gasteiger partial charge in [-0.25, -0.2) is 0 Å². The first-order chi connectivity index (χ1) is 9.75. The lowest BCUT2D eigenvalue weighted by molar-refractivity contribution is 0.393. The minimum Gasteiger partial charge on any atom is -0.497 e. The molecule has 3 nitrogen and oxygen atoms in total. The van der Waals surface area contributed by atoms with Crippen LogP contribution in [0.1, 0.15) is 22.2 Å². The first kappa shape index (κ1) is 14.9. The Labute approximate surface area is 124 Å². The molecule has 20 heavy (non-hydrogen) atoms. The van der Waals surface area contributed by atoms with Gasteiger partial charge in [0.2, 0.25) is 0 Å². The minimum absolute atomic E-state index is 0.799. The predicted molar refractivity (Wildman–Crippen MR) is 83.8 cm³/mol. The van der Waals surface area contributed by atoms with Gasteiger partial charge in [0, 0.05) is 28.9 Å². The van der Waals surface area contributed by atoms with E-state index in [1.807, 2.05) is 29.5 Å². The van der Waals surface area contributed by atoms with Crippen molar-refractivity contribution >= 4 is 11.3 Å². The summed E-state index contributed by atoms with van der Waals surface area (Å²) in [5.41, 5.74) is 1.16. The Hall–Kier alpha value is -1.52. The maximum absolute atomic E-state index is 5.27. The number of nitrogens with one attached hydrogen (secondary N) is 1. The highest BCUT2D eigenvalue weighted by Gasteiger charge is 2.03. The van der Waals surface area contributed by atoms with Crippen LogP contribution in [0.5, 0.6) is 11.5 Å². The molecule has 0 saturated heterocycles. The largest absolute Gasteiger partial charge is 0.497 e. The molecule has 0 radical (unpaired) electrons. The van der Waals surface area contributed by atoms with Crippen molar-refractivity contribution in [3.63, 3.8) is 0 Å². The average molecular weight is 291 g/mol. The molecule has 0 atom stereocenters. The van der Waals surface area contributed by atoms with E-state index in [1.165, 1.54) is 9.75 Å². The Balaban J connectivity index is 1.93. The number of hydrogen-bond acceptors (Lipinski definition) is 4. The lowest BCUT2D eigenvalue weighted by atomic mass is 10.2. The number of methoxy groups -OCH3 is 2. The smallest absolute Gasteiger partial charge is 0.122 e. The molecule has 2 aromatic rings. The summed E-state index contributed by atoms with van der Waals surface area (Å²) in [6.45, 7) is 3.88. The third kappa shape index (κ3) is 3.99. The van der Waals surface area contributed by atoms with Crippen molar-refractivity contribution < 1.29 is 9.47 Å². The van der Waals surface area contributed by atoms with Crippen LogP contribution in [-0.4, -0.2) is 14.2 Å². The van der Waals surface area contributed by atoms with Gasteiger partial charge in [-0.05, 0) is 36.2 Å². The van der Waals surface area contributed by atoms with Gasteiger partial charge in [0.05, 0.1) is 14.2 Å². The second-order valence-corrected chi connectivity index (χ2v) is 5.80. The van der Waals surface area contributed by atoms with E-state index >= 15 is 0 Å². The minimum atomic E-state index is 0.799. The zero-order valence-electron chi connectivity index (χ0n) is 12.2. The normalized spacial score (nSPS) is 10.6. The molecule has 1 aromatic heterocycles. The number of thiophene rings is 1. The predicted octanol–water partition coefficient (Wildman–Crippen LogP) is 3.62. The Bertz CT molecular complexity index is 529. The van der Waals surface area contributed by atoms with Crippen molar-refractivity contribution in [3.8, 4) is 11.5 Å². The van der Waals surface area contributed by atoms with Gasteiger partial charge >= 0.3 is 0 Å². The van der Waals surface area contributed by atoms with Crippen LogP contribution in [0.2, 0.25) is 0 Å². The van der Waals surface area contributed by atoms with E-state index in [1.54, 1.807) is 14.2 Å². The molecule has 0 spiro atoms. The van der Waals surface area contributed by atoms with E-state index in [0.29, 0.717) is 0 Å². The van der Waals surface area contributed by atoms with Crippen LogP contribution in [0, 0.1) is 0 Å². The molecule has 1 heterocycles. The summed E-state index contributed by atoms with van der Waals surface area (Å²) in [5.74, 6) is 1.65. The average Bonchev–Trinajstić information content (AvgIpc) is 2.94. The topological polar surface area (TPSA) is 30.5 Å². The molecular weight excluding hydrogens is 270 g/mol. The zero-order valence-corrected chi connectivity index (χ0v) is 13.0. The molecule has 0 saturated carbocycles. The van der Waals surface area contributed by atoms with Crippen LogP contribution < -0.4 is 14.8 Å². The summed E-state index contributed by atoms with van der Waals surface area (Å²) in [6.07, 6.45) is 1.11. The lowest BCUT2D eigenvalue weighted by Crippen LogP contribution is -2.11. The van der Waals surface area contributed by atoms with Crippen molar-refractivity contribution in [2.24, 2.45) is 0 Å². The Kier molecular flexibility index (Phi) is 5.44. The number of aryl methyl sites for hydroxylation is 1. The second-order valence-electron chi connectivity index (χ2n) is 4.55. The van der Waals surface area contributed by atoms with Gasteiger partial charge in [-0.3, -0.25) is 0 Å². The van der Waals surface area contributed by atoms with Crippen molar-refractivity contribution in [1.82, 2.24) is 5.32 Å². The first-order valence-corrected chi connectivity index (χ1v) is 7.57. The van der Waals surface area contributed by atoms with Crippen LogP contribution in [-0.2, 0) is 19.5 Å². The van der Waals surface area contributed by atoms with Gasteiger partial charge in [-0.15, -0.1) is 11.3 Å². The van der Waals surface area contributed by atoms with Gasteiger partial charge in [-0.2, -0.15) is 0 Å². The highest BCUT2D eigenvalue weighted by atomic mass is 32.1. The summed E-state index contributed by atoms with van der Waals surface area (Å²) >= 11 is 1.87. The monoisotopic (exact) mass is 291 g/mol. The fourth-order valence-corrected chi connectivity index (χ4v) is 2.93. The second kappa shape index (κ2) is 7.31. The Morgan fingerprint density at radius 3 is 2.15 bits per heavy atom. The van der Waals surface area contributed by atoms with Gasteiger partial charge < -0.3 is 14.8 Å². The first-order valence-electron chi connectivity index (χ1n) is 6.75. The van der Waals surface area contributed by atoms with Crippen molar-refractivity contribution in [2.75, 3.05) is 14.2 Å². The summed E-state index contributed by atoms with van der Waals surface area (Å²) in [5, 5.41) is 3.46. The highest BCUT2D eigenvalue weighted by molar-refractivity contribution is 7.11. The summed E-state index contributed by atoms with van der Waals surface area (Å²) < 4.78 is 10.5. The molecule has 108 valence electrons. The third-order valence-corrected chi connectivity index (χ3v) is 4.33. The number of benzene rings is 1. The fraction of sp³-hybridized carbons (Fsp3) is 0.375.